The highest BCUT2D eigenvalue weighted by Gasteiger charge is 2.43. The summed E-state index contributed by atoms with van der Waals surface area (Å²) in [4.78, 5) is 14.1. The molecule has 2 aliphatic carbocycles. The molecule has 1 amide bonds. The smallest absolute Gasteiger partial charge is 0.236 e. The average molecular weight is 455 g/mol. The lowest BCUT2D eigenvalue weighted by molar-refractivity contribution is -0.134. The Morgan fingerprint density at radius 2 is 2.15 bits per heavy atom. The Labute approximate surface area is 197 Å². The second kappa shape index (κ2) is 11.4. The molecule has 1 aromatic rings. The van der Waals surface area contributed by atoms with Crippen molar-refractivity contribution in [1.29, 1.82) is 0 Å². The molecule has 1 saturated carbocycles. The molecule has 180 valence electrons. The number of benzene rings is 1. The van der Waals surface area contributed by atoms with E-state index >= 15 is 0 Å². The highest BCUT2D eigenvalue weighted by Crippen LogP contribution is 2.47. The zero-order valence-corrected chi connectivity index (χ0v) is 19.7. The number of aliphatic hydroxyl groups is 2. The molecule has 33 heavy (non-hydrogen) atoms. The maximum absolute atomic E-state index is 12.2. The quantitative estimate of drug-likeness (QED) is 0.394. The Morgan fingerprint density at radius 1 is 1.33 bits per heavy atom. The predicted octanol–water partition coefficient (Wildman–Crippen LogP) is 2.24. The number of hydrogen-bond acceptors (Lipinski definition) is 5. The van der Waals surface area contributed by atoms with Gasteiger partial charge in [0.15, 0.2) is 0 Å². The molecule has 0 aromatic heterocycles. The van der Waals surface area contributed by atoms with Gasteiger partial charge in [0.05, 0.1) is 32.0 Å². The van der Waals surface area contributed by atoms with E-state index < -0.39 is 6.10 Å². The van der Waals surface area contributed by atoms with E-state index in [9.17, 15) is 15.0 Å². The fraction of sp³-hybridized carbons (Fsp3) is 0.593. The first-order valence-electron chi connectivity index (χ1n) is 12.4. The van der Waals surface area contributed by atoms with Crippen molar-refractivity contribution in [2.75, 3.05) is 39.4 Å². The molecule has 6 nitrogen and oxygen atoms in total. The standard InChI is InChI=1S/C27H38N2O4/c1-19-3-2-4-20(13-19)15-23(30)5-6-24-25-16-21(14-22(25)17-26(24)31)7-8-28-18-27(32)29-9-11-33-12-10-29/h2-6,13-14,22-26,28,30-31H,7-12,15-18H2,1H3/t22-,23-,24+,25-,26+/m0/s1. The van der Waals surface area contributed by atoms with Crippen LogP contribution in [0.2, 0.25) is 0 Å². The number of nitrogens with one attached hydrogen (secondary N) is 1. The van der Waals surface area contributed by atoms with Crippen molar-refractivity contribution in [3.63, 3.8) is 0 Å². The third kappa shape index (κ3) is 6.54. The zero-order valence-electron chi connectivity index (χ0n) is 19.7. The number of morpholine rings is 1. The number of ether oxygens (including phenoxy) is 1. The molecule has 6 heteroatoms. The van der Waals surface area contributed by atoms with E-state index in [0.717, 1.165) is 31.4 Å². The average Bonchev–Trinajstić information content (AvgIpc) is 3.32. The van der Waals surface area contributed by atoms with E-state index in [1.807, 2.05) is 29.2 Å². The minimum Gasteiger partial charge on any atom is -0.392 e. The molecular weight excluding hydrogens is 416 g/mol. The first-order valence-corrected chi connectivity index (χ1v) is 12.4. The van der Waals surface area contributed by atoms with Crippen LogP contribution in [0.25, 0.3) is 0 Å². The second-order valence-corrected chi connectivity index (χ2v) is 9.80. The van der Waals surface area contributed by atoms with Gasteiger partial charge in [-0.2, -0.15) is 0 Å². The van der Waals surface area contributed by atoms with Gasteiger partial charge in [0.2, 0.25) is 5.91 Å². The summed E-state index contributed by atoms with van der Waals surface area (Å²) in [6.07, 6.45) is 8.69. The topological polar surface area (TPSA) is 82.0 Å². The van der Waals surface area contributed by atoms with Crippen molar-refractivity contribution in [3.8, 4) is 0 Å². The van der Waals surface area contributed by atoms with Gasteiger partial charge >= 0.3 is 0 Å². The predicted molar refractivity (Wildman–Crippen MR) is 129 cm³/mol. The maximum atomic E-state index is 12.2. The van der Waals surface area contributed by atoms with Gasteiger partial charge < -0.3 is 25.2 Å². The minimum absolute atomic E-state index is 0.0896. The Morgan fingerprint density at radius 3 is 2.94 bits per heavy atom. The van der Waals surface area contributed by atoms with Crippen LogP contribution in [0.15, 0.2) is 48.1 Å². The number of carbonyl (C=O) groups is 1. The number of fused-ring (bicyclic) bond motifs is 1. The first kappa shape index (κ1) is 24.1. The molecule has 4 rings (SSSR count). The van der Waals surface area contributed by atoms with Crippen LogP contribution in [-0.2, 0) is 16.0 Å². The van der Waals surface area contributed by atoms with Crippen LogP contribution < -0.4 is 5.32 Å². The van der Waals surface area contributed by atoms with Gasteiger partial charge in [-0.3, -0.25) is 4.79 Å². The molecule has 3 N–H and O–H groups in total. The summed E-state index contributed by atoms with van der Waals surface area (Å²) < 4.78 is 5.30. The fourth-order valence-electron chi connectivity index (χ4n) is 5.56. The van der Waals surface area contributed by atoms with Crippen LogP contribution in [0.5, 0.6) is 0 Å². The fourth-order valence-corrected chi connectivity index (χ4v) is 5.56. The Bertz CT molecular complexity index is 861. The third-order valence-electron chi connectivity index (χ3n) is 7.30. The van der Waals surface area contributed by atoms with Gasteiger partial charge in [0.1, 0.15) is 0 Å². The molecule has 1 aromatic carbocycles. The lowest BCUT2D eigenvalue weighted by Gasteiger charge is -2.27. The molecule has 1 heterocycles. The second-order valence-electron chi connectivity index (χ2n) is 9.80. The highest BCUT2D eigenvalue weighted by atomic mass is 16.5. The van der Waals surface area contributed by atoms with Crippen LogP contribution in [0.3, 0.4) is 0 Å². The number of aryl methyl sites for hydroxylation is 1. The SMILES string of the molecule is Cc1cccc(C[C@@H](O)C=C[C@@H]2[C@H]3CC(CCNCC(=O)N4CCOCC4)=C[C@H]3C[C@H]2O)c1. The number of carbonyl (C=O) groups excluding carboxylic acids is 1. The van der Waals surface area contributed by atoms with Crippen LogP contribution in [-0.4, -0.2) is 72.6 Å². The number of nitrogens with zero attached hydrogens (tertiary/aromatic N) is 1. The lowest BCUT2D eigenvalue weighted by Crippen LogP contribution is -2.44. The van der Waals surface area contributed by atoms with E-state index in [-0.39, 0.29) is 17.9 Å². The normalized spacial score (nSPS) is 28.2. The molecule has 0 unspecified atom stereocenters. The number of rotatable bonds is 9. The molecule has 2 fully saturated rings. The molecular formula is C27H38N2O4. The van der Waals surface area contributed by atoms with Crippen LogP contribution in [0.4, 0.5) is 0 Å². The number of amides is 1. The summed E-state index contributed by atoms with van der Waals surface area (Å²) in [5.41, 5.74) is 3.74. The number of hydrogen-bond donors (Lipinski definition) is 3. The lowest BCUT2D eigenvalue weighted by atomic mass is 9.88. The van der Waals surface area contributed by atoms with Crippen LogP contribution >= 0.6 is 0 Å². The molecule has 3 aliphatic rings. The van der Waals surface area contributed by atoms with E-state index in [1.54, 1.807) is 0 Å². The Kier molecular flexibility index (Phi) is 8.36. The molecule has 0 spiro atoms. The first-order chi connectivity index (χ1) is 16.0. The largest absolute Gasteiger partial charge is 0.392 e. The van der Waals surface area contributed by atoms with Crippen molar-refractivity contribution < 1.29 is 19.7 Å². The molecule has 0 radical (unpaired) electrons. The monoisotopic (exact) mass is 454 g/mol. The van der Waals surface area contributed by atoms with Gasteiger partial charge in [0, 0.05) is 25.4 Å². The number of allylic oxidation sites excluding steroid dienone is 1. The van der Waals surface area contributed by atoms with Crippen molar-refractivity contribution in [1.82, 2.24) is 10.2 Å². The van der Waals surface area contributed by atoms with Crippen LogP contribution in [0, 0.1) is 24.7 Å². The van der Waals surface area contributed by atoms with Gasteiger partial charge in [-0.25, -0.2) is 0 Å². The van der Waals surface area contributed by atoms with Gasteiger partial charge in [-0.1, -0.05) is 53.6 Å². The van der Waals surface area contributed by atoms with E-state index in [4.69, 9.17) is 4.74 Å². The van der Waals surface area contributed by atoms with Crippen molar-refractivity contribution in [2.24, 2.45) is 17.8 Å². The molecule has 1 aliphatic heterocycles. The summed E-state index contributed by atoms with van der Waals surface area (Å²) in [6.45, 7) is 5.86. The Hall–Kier alpha value is -1.99. The van der Waals surface area contributed by atoms with E-state index in [2.05, 4.69) is 30.4 Å². The summed E-state index contributed by atoms with van der Waals surface area (Å²) in [7, 11) is 0. The van der Waals surface area contributed by atoms with Crippen molar-refractivity contribution in [2.45, 2.75) is 44.8 Å². The Balaban J connectivity index is 1.21. The third-order valence-corrected chi connectivity index (χ3v) is 7.30. The van der Waals surface area contributed by atoms with E-state index in [1.165, 1.54) is 11.1 Å². The maximum Gasteiger partial charge on any atom is 0.236 e. The summed E-state index contributed by atoms with van der Waals surface area (Å²) in [5, 5.41) is 24.4. The molecule has 1 saturated heterocycles. The van der Waals surface area contributed by atoms with Crippen molar-refractivity contribution in [3.05, 3.63) is 59.2 Å². The van der Waals surface area contributed by atoms with Crippen LogP contribution in [0.1, 0.15) is 30.4 Å². The molecule has 5 atom stereocenters. The summed E-state index contributed by atoms with van der Waals surface area (Å²) in [6, 6.07) is 8.22. The van der Waals surface area contributed by atoms with Gasteiger partial charge in [0.25, 0.3) is 0 Å². The summed E-state index contributed by atoms with van der Waals surface area (Å²) >= 11 is 0. The zero-order chi connectivity index (χ0) is 23.2. The highest BCUT2D eigenvalue weighted by molar-refractivity contribution is 5.78. The summed E-state index contributed by atoms with van der Waals surface area (Å²) in [5.74, 6) is 1.06. The minimum atomic E-state index is -0.542. The van der Waals surface area contributed by atoms with Crippen molar-refractivity contribution >= 4 is 5.91 Å². The number of aliphatic hydroxyl groups excluding tert-OH is 2. The van der Waals surface area contributed by atoms with Gasteiger partial charge in [-0.15, -0.1) is 0 Å². The molecule has 0 bridgehead atoms. The van der Waals surface area contributed by atoms with E-state index in [0.29, 0.717) is 51.1 Å². The van der Waals surface area contributed by atoms with Gasteiger partial charge in [-0.05, 0) is 50.1 Å².